The molecule has 0 aliphatic carbocycles. The lowest BCUT2D eigenvalue weighted by Gasteiger charge is -2.06. The fourth-order valence-corrected chi connectivity index (χ4v) is 1.23. The van der Waals surface area contributed by atoms with Crippen molar-refractivity contribution in [1.29, 1.82) is 5.26 Å². The first-order valence-electron chi connectivity index (χ1n) is 3.80. The van der Waals surface area contributed by atoms with Crippen LogP contribution in [-0.4, -0.2) is 5.11 Å². The Hall–Kier alpha value is -1.33. The van der Waals surface area contributed by atoms with Gasteiger partial charge in [-0.05, 0) is 30.5 Å². The number of rotatable bonds is 1. The number of aryl methyl sites for hydroxylation is 1. The predicted molar refractivity (Wildman–Crippen MR) is 46.6 cm³/mol. The van der Waals surface area contributed by atoms with Gasteiger partial charge in [-0.1, -0.05) is 12.1 Å². The van der Waals surface area contributed by atoms with E-state index in [2.05, 4.69) is 6.07 Å². The van der Waals surface area contributed by atoms with Crippen molar-refractivity contribution in [3.05, 3.63) is 34.4 Å². The summed E-state index contributed by atoms with van der Waals surface area (Å²) in [7, 11) is 0. The molecule has 0 atom stereocenters. The lowest BCUT2D eigenvalue weighted by molar-refractivity contribution is 0.281. The molecule has 0 heterocycles. The summed E-state index contributed by atoms with van der Waals surface area (Å²) in [5.74, 6) is 0. The van der Waals surface area contributed by atoms with Crippen molar-refractivity contribution in [2.24, 2.45) is 0 Å². The molecule has 12 heavy (non-hydrogen) atoms. The summed E-state index contributed by atoms with van der Waals surface area (Å²) >= 11 is 0. The average Bonchev–Trinajstić information content (AvgIpc) is 2.06. The van der Waals surface area contributed by atoms with Crippen molar-refractivity contribution >= 4 is 0 Å². The first-order chi connectivity index (χ1) is 5.70. The van der Waals surface area contributed by atoms with E-state index < -0.39 is 0 Å². The van der Waals surface area contributed by atoms with Gasteiger partial charge in [-0.25, -0.2) is 0 Å². The highest BCUT2D eigenvalue weighted by Crippen LogP contribution is 2.16. The Bertz CT molecular complexity index is 336. The number of nitriles is 1. The van der Waals surface area contributed by atoms with Gasteiger partial charge in [0.1, 0.15) is 0 Å². The highest BCUT2D eigenvalue weighted by atomic mass is 16.3. The van der Waals surface area contributed by atoms with E-state index >= 15 is 0 Å². The van der Waals surface area contributed by atoms with E-state index in [-0.39, 0.29) is 6.61 Å². The van der Waals surface area contributed by atoms with E-state index in [1.807, 2.05) is 26.0 Å². The van der Waals surface area contributed by atoms with Crippen LogP contribution in [-0.2, 0) is 6.61 Å². The Labute approximate surface area is 72.1 Å². The molecule has 0 radical (unpaired) electrons. The first-order valence-corrected chi connectivity index (χ1v) is 3.80. The van der Waals surface area contributed by atoms with Gasteiger partial charge in [-0.2, -0.15) is 5.26 Å². The normalized spacial score (nSPS) is 9.50. The second kappa shape index (κ2) is 3.38. The van der Waals surface area contributed by atoms with Crippen LogP contribution in [0.1, 0.15) is 22.3 Å². The smallest absolute Gasteiger partial charge is 0.0997 e. The van der Waals surface area contributed by atoms with Gasteiger partial charge in [0.15, 0.2) is 0 Å². The number of hydrogen-bond acceptors (Lipinski definition) is 2. The second-order valence-corrected chi connectivity index (χ2v) is 2.81. The zero-order valence-corrected chi connectivity index (χ0v) is 7.26. The van der Waals surface area contributed by atoms with Crippen LogP contribution in [0.4, 0.5) is 0 Å². The summed E-state index contributed by atoms with van der Waals surface area (Å²) in [6.45, 7) is 3.75. The number of aliphatic hydroxyl groups is 1. The summed E-state index contributed by atoms with van der Waals surface area (Å²) < 4.78 is 0. The highest BCUT2D eigenvalue weighted by molar-refractivity contribution is 5.46. The van der Waals surface area contributed by atoms with Crippen LogP contribution < -0.4 is 0 Å². The van der Waals surface area contributed by atoms with Crippen LogP contribution in [0.5, 0.6) is 0 Å². The maximum Gasteiger partial charge on any atom is 0.0997 e. The van der Waals surface area contributed by atoms with E-state index in [1.54, 1.807) is 0 Å². The lowest BCUT2D eigenvalue weighted by Crippen LogP contribution is -1.94. The molecule has 0 saturated carbocycles. The molecule has 0 bridgehead atoms. The SMILES string of the molecule is Cc1ccc(CO)c(C)c1C#N. The molecule has 0 aliphatic rings. The second-order valence-electron chi connectivity index (χ2n) is 2.81. The monoisotopic (exact) mass is 161 g/mol. The number of aliphatic hydroxyl groups excluding tert-OH is 1. The maximum atomic E-state index is 8.92. The van der Waals surface area contributed by atoms with Gasteiger partial charge in [0.25, 0.3) is 0 Å². The molecule has 0 saturated heterocycles. The number of nitrogens with zero attached hydrogens (tertiary/aromatic N) is 1. The molecule has 0 fully saturated rings. The van der Waals surface area contributed by atoms with Crippen molar-refractivity contribution in [3.63, 3.8) is 0 Å². The molecule has 0 amide bonds. The number of benzene rings is 1. The average molecular weight is 161 g/mol. The molecule has 1 N–H and O–H groups in total. The first kappa shape index (κ1) is 8.76. The third-order valence-corrected chi connectivity index (χ3v) is 2.07. The summed E-state index contributed by atoms with van der Waals surface area (Å²) in [6.07, 6.45) is 0. The van der Waals surface area contributed by atoms with Crippen LogP contribution in [0.15, 0.2) is 12.1 Å². The van der Waals surface area contributed by atoms with Gasteiger partial charge in [0, 0.05) is 0 Å². The maximum absolute atomic E-state index is 8.92. The Morgan fingerprint density at radius 3 is 2.58 bits per heavy atom. The van der Waals surface area contributed by atoms with Crippen LogP contribution >= 0.6 is 0 Å². The van der Waals surface area contributed by atoms with Gasteiger partial charge in [-0.15, -0.1) is 0 Å². The molecular weight excluding hydrogens is 150 g/mol. The lowest BCUT2D eigenvalue weighted by atomic mass is 9.99. The Morgan fingerprint density at radius 1 is 1.42 bits per heavy atom. The molecular formula is C10H11NO. The summed E-state index contributed by atoms with van der Waals surface area (Å²) in [6, 6.07) is 5.84. The van der Waals surface area contributed by atoms with Gasteiger partial charge < -0.3 is 5.11 Å². The molecule has 2 heteroatoms. The zero-order valence-electron chi connectivity index (χ0n) is 7.26. The minimum atomic E-state index is 0.000787. The van der Waals surface area contributed by atoms with E-state index in [0.717, 1.165) is 16.7 Å². The van der Waals surface area contributed by atoms with Gasteiger partial charge in [0.2, 0.25) is 0 Å². The van der Waals surface area contributed by atoms with Crippen LogP contribution in [0.3, 0.4) is 0 Å². The van der Waals surface area contributed by atoms with Crippen molar-refractivity contribution in [3.8, 4) is 6.07 Å². The van der Waals surface area contributed by atoms with E-state index in [0.29, 0.717) is 5.56 Å². The third kappa shape index (κ3) is 1.32. The van der Waals surface area contributed by atoms with Gasteiger partial charge >= 0.3 is 0 Å². The minimum Gasteiger partial charge on any atom is -0.392 e. The third-order valence-electron chi connectivity index (χ3n) is 2.07. The van der Waals surface area contributed by atoms with Gasteiger partial charge in [-0.3, -0.25) is 0 Å². The quantitative estimate of drug-likeness (QED) is 0.680. The van der Waals surface area contributed by atoms with E-state index in [4.69, 9.17) is 10.4 Å². The molecule has 0 aromatic heterocycles. The zero-order chi connectivity index (χ0) is 9.14. The molecule has 0 aliphatic heterocycles. The largest absolute Gasteiger partial charge is 0.392 e. The summed E-state index contributed by atoms with van der Waals surface area (Å²) in [5.41, 5.74) is 3.37. The Balaban J connectivity index is 3.36. The number of hydrogen-bond donors (Lipinski definition) is 1. The van der Waals surface area contributed by atoms with E-state index in [9.17, 15) is 0 Å². The van der Waals surface area contributed by atoms with Gasteiger partial charge in [0.05, 0.1) is 18.2 Å². The van der Waals surface area contributed by atoms with Crippen molar-refractivity contribution in [2.75, 3.05) is 0 Å². The summed E-state index contributed by atoms with van der Waals surface area (Å²) in [5, 5.41) is 17.7. The molecule has 1 aromatic rings. The van der Waals surface area contributed by atoms with Crippen molar-refractivity contribution in [2.45, 2.75) is 20.5 Å². The topological polar surface area (TPSA) is 44.0 Å². The Morgan fingerprint density at radius 2 is 2.08 bits per heavy atom. The molecule has 1 aromatic carbocycles. The molecule has 0 unspecified atom stereocenters. The minimum absolute atomic E-state index is 0.000787. The fraction of sp³-hybridized carbons (Fsp3) is 0.300. The van der Waals surface area contributed by atoms with Crippen LogP contribution in [0.2, 0.25) is 0 Å². The summed E-state index contributed by atoms with van der Waals surface area (Å²) in [4.78, 5) is 0. The fourth-order valence-electron chi connectivity index (χ4n) is 1.23. The predicted octanol–water partition coefficient (Wildman–Crippen LogP) is 1.67. The Kier molecular flexibility index (Phi) is 2.47. The molecule has 62 valence electrons. The van der Waals surface area contributed by atoms with E-state index in [1.165, 1.54) is 0 Å². The molecule has 1 rings (SSSR count). The van der Waals surface area contributed by atoms with Crippen molar-refractivity contribution in [1.82, 2.24) is 0 Å². The van der Waals surface area contributed by atoms with Crippen LogP contribution in [0, 0.1) is 25.2 Å². The standard InChI is InChI=1S/C10H11NO/c1-7-3-4-9(6-12)8(2)10(7)5-11/h3-4,12H,6H2,1-2H3. The highest BCUT2D eigenvalue weighted by Gasteiger charge is 2.04. The van der Waals surface area contributed by atoms with Crippen LogP contribution in [0.25, 0.3) is 0 Å². The molecule has 2 nitrogen and oxygen atoms in total. The van der Waals surface area contributed by atoms with Crippen molar-refractivity contribution < 1.29 is 5.11 Å². The molecule has 0 spiro atoms.